The molecule has 2 N–H and O–H groups in total. The van der Waals surface area contributed by atoms with Crippen molar-refractivity contribution in [1.29, 1.82) is 0 Å². The van der Waals surface area contributed by atoms with Crippen LogP contribution in [0.1, 0.15) is 56.7 Å². The molecule has 0 aliphatic carbocycles. The van der Waals surface area contributed by atoms with E-state index in [0.29, 0.717) is 18.4 Å². The topological polar surface area (TPSA) is 66.6 Å². The number of imidazole rings is 2. The van der Waals surface area contributed by atoms with E-state index in [0.717, 1.165) is 45.3 Å². The van der Waals surface area contributed by atoms with Crippen molar-refractivity contribution in [3.8, 4) is 28.1 Å². The Morgan fingerprint density at radius 1 is 0.875 bits per heavy atom. The third-order valence-corrected chi connectivity index (χ3v) is 6.37. The van der Waals surface area contributed by atoms with Crippen molar-refractivity contribution >= 4 is 21.8 Å². The minimum atomic E-state index is 0.367. The Kier molecular flexibility index (Phi) is 4.15. The Morgan fingerprint density at radius 2 is 1.72 bits per heavy atom. The van der Waals surface area contributed by atoms with Crippen LogP contribution in [0.15, 0.2) is 48.7 Å². The number of rotatable bonds is 3. The Labute approximate surface area is 186 Å². The Balaban J connectivity index is 1.46. The van der Waals surface area contributed by atoms with E-state index in [4.69, 9.17) is 9.72 Å². The molecule has 1 aliphatic heterocycles. The molecule has 32 heavy (non-hydrogen) atoms. The number of aromatic amines is 2. The molecule has 3 aromatic carbocycles. The molecule has 5 aromatic rings. The highest BCUT2D eigenvalue weighted by atomic mass is 16.5. The van der Waals surface area contributed by atoms with Crippen molar-refractivity contribution in [2.24, 2.45) is 0 Å². The van der Waals surface area contributed by atoms with Gasteiger partial charge in [0.2, 0.25) is 0 Å². The number of nitrogens with one attached hydrogen (secondary N) is 2. The molecular formula is C27H26N4O. The van der Waals surface area contributed by atoms with Gasteiger partial charge in [0, 0.05) is 28.3 Å². The fraction of sp³-hybridized carbons (Fsp3) is 0.259. The van der Waals surface area contributed by atoms with Gasteiger partial charge < -0.3 is 14.7 Å². The molecule has 5 heteroatoms. The summed E-state index contributed by atoms with van der Waals surface area (Å²) in [5.41, 5.74) is 7.81. The van der Waals surface area contributed by atoms with Gasteiger partial charge in [-0.3, -0.25) is 0 Å². The van der Waals surface area contributed by atoms with Crippen LogP contribution in [-0.2, 0) is 6.61 Å². The summed E-state index contributed by atoms with van der Waals surface area (Å²) in [4.78, 5) is 16.2. The van der Waals surface area contributed by atoms with Crippen LogP contribution in [0.5, 0.6) is 5.75 Å². The van der Waals surface area contributed by atoms with Gasteiger partial charge in [-0.2, -0.15) is 0 Å². The normalized spacial score (nSPS) is 13.1. The zero-order valence-electron chi connectivity index (χ0n) is 18.8. The number of hydrogen-bond donors (Lipinski definition) is 2. The van der Waals surface area contributed by atoms with E-state index in [1.54, 1.807) is 0 Å². The van der Waals surface area contributed by atoms with Gasteiger partial charge in [-0.05, 0) is 46.8 Å². The number of benzene rings is 3. The van der Waals surface area contributed by atoms with Gasteiger partial charge in [0.25, 0.3) is 0 Å². The van der Waals surface area contributed by atoms with Gasteiger partial charge in [0.05, 0.1) is 22.9 Å². The van der Waals surface area contributed by atoms with Crippen molar-refractivity contribution in [2.45, 2.75) is 46.1 Å². The molecule has 2 aromatic heterocycles. The van der Waals surface area contributed by atoms with Gasteiger partial charge in [0.15, 0.2) is 0 Å². The number of nitrogens with zero attached hydrogens (tertiary/aromatic N) is 2. The zero-order chi connectivity index (χ0) is 22.0. The van der Waals surface area contributed by atoms with Crippen LogP contribution in [0.2, 0.25) is 0 Å². The Bertz CT molecular complexity index is 1490. The van der Waals surface area contributed by atoms with Crippen molar-refractivity contribution in [1.82, 2.24) is 19.9 Å². The highest BCUT2D eigenvalue weighted by Gasteiger charge is 2.20. The lowest BCUT2D eigenvalue weighted by Crippen LogP contribution is -2.05. The molecule has 0 radical (unpaired) electrons. The standard InChI is InChI=1S/C27H26N4O/c1-14(2)26-28-12-23(30-26)17-5-7-19-20-9-16-6-8-22-25(31-27(29-22)15(3)4)21(16)10-18(20)13-32-24(19)11-17/h5-12,14-15H,13H2,1-4H3,(H,28,30)(H,29,31). The van der Waals surface area contributed by atoms with Crippen LogP contribution < -0.4 is 4.74 Å². The molecule has 1 aliphatic rings. The quantitative estimate of drug-likeness (QED) is 0.332. The van der Waals surface area contributed by atoms with Gasteiger partial charge >= 0.3 is 0 Å². The largest absolute Gasteiger partial charge is 0.488 e. The second-order valence-electron chi connectivity index (χ2n) is 9.30. The number of ether oxygens (including phenoxy) is 1. The van der Waals surface area contributed by atoms with E-state index in [9.17, 15) is 0 Å². The summed E-state index contributed by atoms with van der Waals surface area (Å²) in [5, 5.41) is 2.41. The van der Waals surface area contributed by atoms with Crippen LogP contribution in [0.25, 0.3) is 44.2 Å². The predicted octanol–water partition coefficient (Wildman–Crippen LogP) is 6.91. The summed E-state index contributed by atoms with van der Waals surface area (Å²) in [7, 11) is 0. The van der Waals surface area contributed by atoms with Crippen molar-refractivity contribution in [3.05, 3.63) is 65.9 Å². The van der Waals surface area contributed by atoms with Crippen LogP contribution in [0.4, 0.5) is 0 Å². The number of hydrogen-bond acceptors (Lipinski definition) is 3. The fourth-order valence-electron chi connectivity index (χ4n) is 4.52. The maximum atomic E-state index is 6.21. The zero-order valence-corrected chi connectivity index (χ0v) is 18.8. The summed E-state index contributed by atoms with van der Waals surface area (Å²) >= 11 is 0. The van der Waals surface area contributed by atoms with Crippen molar-refractivity contribution in [2.75, 3.05) is 0 Å². The SMILES string of the molecule is CC(C)c1ncc(-c2ccc3c(c2)OCc2cc4c(ccc5nc(C(C)C)[nH]c54)cc2-3)[nH]1. The minimum Gasteiger partial charge on any atom is -0.488 e. The first-order valence-electron chi connectivity index (χ1n) is 11.3. The highest BCUT2D eigenvalue weighted by molar-refractivity contribution is 6.06. The summed E-state index contributed by atoms with van der Waals surface area (Å²) in [6.45, 7) is 9.16. The molecule has 0 saturated carbocycles. The van der Waals surface area contributed by atoms with E-state index in [2.05, 4.69) is 85.1 Å². The molecule has 0 bridgehead atoms. The first-order chi connectivity index (χ1) is 15.5. The highest BCUT2D eigenvalue weighted by Crippen LogP contribution is 2.42. The first kappa shape index (κ1) is 19.1. The maximum absolute atomic E-state index is 6.21. The first-order valence-corrected chi connectivity index (χ1v) is 11.3. The summed E-state index contributed by atoms with van der Waals surface area (Å²) < 4.78 is 6.21. The minimum absolute atomic E-state index is 0.367. The molecule has 0 spiro atoms. The molecule has 0 saturated heterocycles. The third kappa shape index (κ3) is 2.92. The third-order valence-electron chi connectivity index (χ3n) is 6.37. The molecule has 5 nitrogen and oxygen atoms in total. The van der Waals surface area contributed by atoms with Gasteiger partial charge in [-0.25, -0.2) is 9.97 Å². The lowest BCUT2D eigenvalue weighted by Gasteiger charge is -2.22. The molecule has 6 rings (SSSR count). The van der Waals surface area contributed by atoms with Crippen LogP contribution >= 0.6 is 0 Å². The summed E-state index contributed by atoms with van der Waals surface area (Å²) in [6.07, 6.45) is 1.91. The van der Waals surface area contributed by atoms with E-state index in [1.807, 2.05) is 6.20 Å². The summed E-state index contributed by atoms with van der Waals surface area (Å²) in [6, 6.07) is 15.3. The Hall–Kier alpha value is -3.60. The van der Waals surface area contributed by atoms with Gasteiger partial charge in [-0.15, -0.1) is 0 Å². The van der Waals surface area contributed by atoms with E-state index < -0.39 is 0 Å². The molecule has 0 fully saturated rings. The Morgan fingerprint density at radius 3 is 2.50 bits per heavy atom. The van der Waals surface area contributed by atoms with Crippen LogP contribution in [0, 0.1) is 0 Å². The smallest absolute Gasteiger partial charge is 0.128 e. The molecule has 160 valence electrons. The van der Waals surface area contributed by atoms with Crippen LogP contribution in [-0.4, -0.2) is 19.9 Å². The molecular weight excluding hydrogens is 396 g/mol. The van der Waals surface area contributed by atoms with Gasteiger partial charge in [-0.1, -0.05) is 39.8 Å². The van der Waals surface area contributed by atoms with Gasteiger partial charge in [0.1, 0.15) is 24.0 Å². The number of aromatic nitrogens is 4. The monoisotopic (exact) mass is 422 g/mol. The molecule has 0 atom stereocenters. The second kappa shape index (κ2) is 6.95. The molecule has 0 unspecified atom stereocenters. The van der Waals surface area contributed by atoms with Crippen molar-refractivity contribution < 1.29 is 4.74 Å². The van der Waals surface area contributed by atoms with E-state index in [1.165, 1.54) is 21.9 Å². The predicted molar refractivity (Wildman–Crippen MR) is 129 cm³/mol. The average Bonchev–Trinajstić information content (AvgIpc) is 3.45. The summed E-state index contributed by atoms with van der Waals surface area (Å²) in [5.74, 6) is 3.68. The fourth-order valence-corrected chi connectivity index (χ4v) is 4.52. The molecule has 0 amide bonds. The maximum Gasteiger partial charge on any atom is 0.128 e. The number of fused-ring (bicyclic) bond motifs is 6. The lowest BCUT2D eigenvalue weighted by molar-refractivity contribution is 0.302. The second-order valence-corrected chi connectivity index (χ2v) is 9.30. The lowest BCUT2D eigenvalue weighted by atomic mass is 9.92. The van der Waals surface area contributed by atoms with E-state index in [-0.39, 0.29) is 0 Å². The van der Waals surface area contributed by atoms with E-state index >= 15 is 0 Å². The van der Waals surface area contributed by atoms with Crippen LogP contribution in [0.3, 0.4) is 0 Å². The number of H-pyrrole nitrogens is 2. The average molecular weight is 423 g/mol. The van der Waals surface area contributed by atoms with Crippen molar-refractivity contribution in [3.63, 3.8) is 0 Å². The molecule has 3 heterocycles.